The number of phenols is 1. The number of hydrogen-bond acceptors (Lipinski definition) is 4. The van der Waals surface area contributed by atoms with Crippen LogP contribution in [0.3, 0.4) is 0 Å². The van der Waals surface area contributed by atoms with Crippen molar-refractivity contribution in [1.82, 2.24) is 10.2 Å². The normalized spacial score (nSPS) is 15.1. The number of aromatic hydroxyl groups is 1. The van der Waals surface area contributed by atoms with Crippen molar-refractivity contribution in [2.24, 2.45) is 0 Å². The van der Waals surface area contributed by atoms with Gasteiger partial charge in [0.15, 0.2) is 0 Å². The average molecular weight is 344 g/mol. The summed E-state index contributed by atoms with van der Waals surface area (Å²) in [6, 6.07) is 9.14. The van der Waals surface area contributed by atoms with Crippen LogP contribution in [0.15, 0.2) is 35.7 Å². The zero-order chi connectivity index (χ0) is 16.9. The van der Waals surface area contributed by atoms with Gasteiger partial charge in [-0.15, -0.1) is 11.3 Å². The van der Waals surface area contributed by atoms with E-state index in [1.165, 1.54) is 10.4 Å². The number of carbonyl (C=O) groups is 1. The second-order valence-electron chi connectivity index (χ2n) is 6.27. The van der Waals surface area contributed by atoms with Crippen LogP contribution in [0.5, 0.6) is 5.75 Å². The van der Waals surface area contributed by atoms with Crippen molar-refractivity contribution < 1.29 is 9.90 Å². The van der Waals surface area contributed by atoms with Gasteiger partial charge in [-0.25, -0.2) is 0 Å². The fourth-order valence-corrected chi connectivity index (χ4v) is 4.06. The van der Waals surface area contributed by atoms with Crippen LogP contribution in [0.1, 0.15) is 35.8 Å². The molecule has 1 aromatic heterocycles. The number of thiophene rings is 1. The van der Waals surface area contributed by atoms with Crippen LogP contribution in [0, 0.1) is 0 Å². The standard InChI is InChI=1S/C19H24N2O2S/c1-2-4-17(20-12-14-5-3-6-16(22)11-14)19(23)21-9-7-18-15(13-21)8-10-24-18/h3,5-6,8,10-11,17,20,22H,2,4,7,9,12-13H2,1H3/t17-/m1/s1. The maximum absolute atomic E-state index is 12.9. The minimum atomic E-state index is -0.169. The molecule has 0 aliphatic carbocycles. The third-order valence-corrected chi connectivity index (χ3v) is 5.48. The molecule has 1 amide bonds. The van der Waals surface area contributed by atoms with E-state index < -0.39 is 0 Å². The zero-order valence-electron chi connectivity index (χ0n) is 14.0. The third-order valence-electron chi connectivity index (χ3n) is 4.46. The van der Waals surface area contributed by atoms with E-state index in [9.17, 15) is 9.90 Å². The molecule has 128 valence electrons. The molecule has 1 atom stereocenters. The van der Waals surface area contributed by atoms with Crippen molar-refractivity contribution in [3.05, 3.63) is 51.7 Å². The molecule has 0 saturated carbocycles. The Hall–Kier alpha value is -1.85. The maximum Gasteiger partial charge on any atom is 0.240 e. The number of phenolic OH excluding ortho intramolecular Hbond substituents is 1. The average Bonchev–Trinajstić information content (AvgIpc) is 3.05. The van der Waals surface area contributed by atoms with Gasteiger partial charge in [0.2, 0.25) is 5.91 Å². The molecule has 1 aliphatic rings. The van der Waals surface area contributed by atoms with Gasteiger partial charge in [0.05, 0.1) is 6.04 Å². The molecule has 2 N–H and O–H groups in total. The summed E-state index contributed by atoms with van der Waals surface area (Å²) >= 11 is 1.79. The Balaban J connectivity index is 1.63. The Labute approximate surface area is 147 Å². The lowest BCUT2D eigenvalue weighted by Crippen LogP contribution is -2.47. The van der Waals surface area contributed by atoms with E-state index in [0.717, 1.165) is 37.9 Å². The van der Waals surface area contributed by atoms with Crippen LogP contribution < -0.4 is 5.32 Å². The number of hydrogen-bond donors (Lipinski definition) is 2. The Kier molecular flexibility index (Phi) is 5.53. The first-order valence-electron chi connectivity index (χ1n) is 8.52. The molecule has 1 aromatic carbocycles. The van der Waals surface area contributed by atoms with Crippen molar-refractivity contribution in [1.29, 1.82) is 0 Å². The molecule has 0 radical (unpaired) electrons. The van der Waals surface area contributed by atoms with Crippen LogP contribution in [-0.2, 0) is 24.3 Å². The van der Waals surface area contributed by atoms with Crippen molar-refractivity contribution in [2.75, 3.05) is 6.54 Å². The summed E-state index contributed by atoms with van der Waals surface area (Å²) in [7, 11) is 0. The first-order valence-corrected chi connectivity index (χ1v) is 9.40. The number of fused-ring (bicyclic) bond motifs is 1. The Bertz CT molecular complexity index is 698. The molecule has 5 heteroatoms. The number of nitrogens with one attached hydrogen (secondary N) is 1. The highest BCUT2D eigenvalue weighted by atomic mass is 32.1. The summed E-state index contributed by atoms with van der Waals surface area (Å²) in [4.78, 5) is 16.3. The highest BCUT2D eigenvalue weighted by molar-refractivity contribution is 7.10. The van der Waals surface area contributed by atoms with Gasteiger partial charge in [-0.05, 0) is 47.5 Å². The van der Waals surface area contributed by atoms with Gasteiger partial charge >= 0.3 is 0 Å². The fraction of sp³-hybridized carbons (Fsp3) is 0.421. The third kappa shape index (κ3) is 3.97. The molecule has 0 bridgehead atoms. The lowest BCUT2D eigenvalue weighted by atomic mass is 10.1. The molecular weight excluding hydrogens is 320 g/mol. The van der Waals surface area contributed by atoms with Gasteiger partial charge in [0.25, 0.3) is 0 Å². The summed E-state index contributed by atoms with van der Waals surface area (Å²) in [6.45, 7) is 4.22. The largest absolute Gasteiger partial charge is 0.508 e. The van der Waals surface area contributed by atoms with Crippen molar-refractivity contribution >= 4 is 17.2 Å². The molecule has 0 spiro atoms. The summed E-state index contributed by atoms with van der Waals surface area (Å²) in [5, 5.41) is 15.1. The maximum atomic E-state index is 12.9. The summed E-state index contributed by atoms with van der Waals surface area (Å²) in [5.74, 6) is 0.447. The van der Waals surface area contributed by atoms with Gasteiger partial charge in [-0.1, -0.05) is 25.5 Å². The quantitative estimate of drug-likeness (QED) is 0.845. The van der Waals surface area contributed by atoms with E-state index in [-0.39, 0.29) is 17.7 Å². The van der Waals surface area contributed by atoms with E-state index >= 15 is 0 Å². The van der Waals surface area contributed by atoms with Crippen LogP contribution in [0.2, 0.25) is 0 Å². The van der Waals surface area contributed by atoms with E-state index in [0.29, 0.717) is 6.54 Å². The Morgan fingerprint density at radius 1 is 1.42 bits per heavy atom. The minimum absolute atomic E-state index is 0.169. The molecule has 4 nitrogen and oxygen atoms in total. The second kappa shape index (κ2) is 7.81. The molecule has 24 heavy (non-hydrogen) atoms. The van der Waals surface area contributed by atoms with Gasteiger partial charge in [-0.2, -0.15) is 0 Å². The molecule has 3 rings (SSSR count). The lowest BCUT2D eigenvalue weighted by molar-refractivity contribution is -0.134. The fourth-order valence-electron chi connectivity index (χ4n) is 3.17. The van der Waals surface area contributed by atoms with Crippen LogP contribution in [0.25, 0.3) is 0 Å². The minimum Gasteiger partial charge on any atom is -0.508 e. The first kappa shape index (κ1) is 17.0. The van der Waals surface area contributed by atoms with E-state index in [2.05, 4.69) is 23.7 Å². The molecule has 2 heterocycles. The van der Waals surface area contributed by atoms with E-state index in [1.54, 1.807) is 23.5 Å². The molecule has 0 saturated heterocycles. The van der Waals surface area contributed by atoms with Crippen molar-refractivity contribution in [3.8, 4) is 5.75 Å². The Morgan fingerprint density at radius 2 is 2.29 bits per heavy atom. The monoisotopic (exact) mass is 344 g/mol. The predicted octanol–water partition coefficient (Wildman–Crippen LogP) is 3.30. The summed E-state index contributed by atoms with van der Waals surface area (Å²) < 4.78 is 0. The molecule has 1 aliphatic heterocycles. The van der Waals surface area contributed by atoms with Gasteiger partial charge in [-0.3, -0.25) is 4.79 Å². The number of carbonyl (C=O) groups excluding carboxylic acids is 1. The van der Waals surface area contributed by atoms with Gasteiger partial charge < -0.3 is 15.3 Å². The van der Waals surface area contributed by atoms with Crippen LogP contribution >= 0.6 is 11.3 Å². The second-order valence-corrected chi connectivity index (χ2v) is 7.27. The topological polar surface area (TPSA) is 52.6 Å². The predicted molar refractivity (Wildman–Crippen MR) is 97.1 cm³/mol. The molecule has 2 aromatic rings. The summed E-state index contributed by atoms with van der Waals surface area (Å²) in [5.41, 5.74) is 2.28. The summed E-state index contributed by atoms with van der Waals surface area (Å²) in [6.07, 6.45) is 2.75. The number of amides is 1. The molecule has 0 unspecified atom stereocenters. The first-order chi connectivity index (χ1) is 11.7. The highest BCUT2D eigenvalue weighted by Crippen LogP contribution is 2.24. The number of rotatable bonds is 6. The Morgan fingerprint density at radius 3 is 3.08 bits per heavy atom. The molecule has 0 fully saturated rings. The zero-order valence-corrected chi connectivity index (χ0v) is 14.8. The van der Waals surface area contributed by atoms with Crippen molar-refractivity contribution in [3.63, 3.8) is 0 Å². The van der Waals surface area contributed by atoms with Crippen LogP contribution in [0.4, 0.5) is 0 Å². The van der Waals surface area contributed by atoms with E-state index in [1.807, 2.05) is 17.0 Å². The van der Waals surface area contributed by atoms with Crippen LogP contribution in [-0.4, -0.2) is 28.5 Å². The number of benzene rings is 1. The number of nitrogens with zero attached hydrogens (tertiary/aromatic N) is 1. The van der Waals surface area contributed by atoms with Gasteiger partial charge in [0, 0.05) is 24.5 Å². The van der Waals surface area contributed by atoms with E-state index in [4.69, 9.17) is 0 Å². The van der Waals surface area contributed by atoms with Crippen molar-refractivity contribution in [2.45, 2.75) is 45.3 Å². The smallest absolute Gasteiger partial charge is 0.240 e. The highest BCUT2D eigenvalue weighted by Gasteiger charge is 2.27. The SMILES string of the molecule is CCC[C@@H](NCc1cccc(O)c1)C(=O)N1CCc2sccc2C1. The molecular formula is C19H24N2O2S. The lowest BCUT2D eigenvalue weighted by Gasteiger charge is -2.31. The van der Waals surface area contributed by atoms with Gasteiger partial charge in [0.1, 0.15) is 5.75 Å².